The number of aromatic nitrogens is 1. The van der Waals surface area contributed by atoms with Gasteiger partial charge in [-0.1, -0.05) is 36.4 Å². The molecule has 6 rings (SSSR count). The van der Waals surface area contributed by atoms with E-state index in [2.05, 4.69) is 59.4 Å². The van der Waals surface area contributed by atoms with Gasteiger partial charge in [0.15, 0.2) is 0 Å². The molecule has 33 heavy (non-hydrogen) atoms. The highest BCUT2D eigenvalue weighted by molar-refractivity contribution is 6.12. The molecule has 0 saturated carbocycles. The quantitative estimate of drug-likeness (QED) is 0.373. The van der Waals surface area contributed by atoms with Crippen LogP contribution in [0.3, 0.4) is 0 Å². The van der Waals surface area contributed by atoms with E-state index in [1.54, 1.807) is 7.11 Å². The first kappa shape index (κ1) is 19.4. The monoisotopic (exact) mass is 433 g/mol. The van der Waals surface area contributed by atoms with Crippen LogP contribution < -0.4 is 15.0 Å². The number of fused-ring (bicyclic) bond motifs is 4. The van der Waals surface area contributed by atoms with Gasteiger partial charge in [0, 0.05) is 40.2 Å². The molecule has 1 amide bonds. The maximum Gasteiger partial charge on any atom is 0.262 e. The Labute approximate surface area is 191 Å². The van der Waals surface area contributed by atoms with Crippen molar-refractivity contribution in [3.63, 3.8) is 0 Å². The minimum atomic E-state index is -0.343. The van der Waals surface area contributed by atoms with E-state index in [1.165, 1.54) is 21.8 Å². The Bertz CT molecular complexity index is 1520. The lowest BCUT2D eigenvalue weighted by Gasteiger charge is -2.38. The Morgan fingerprint density at radius 3 is 2.36 bits per heavy atom. The van der Waals surface area contributed by atoms with Crippen molar-refractivity contribution in [3.8, 4) is 5.75 Å². The Hall–Kier alpha value is -4.25. The molecule has 2 heterocycles. The number of nitrogens with zero attached hydrogens (tertiary/aromatic N) is 2. The van der Waals surface area contributed by atoms with Gasteiger partial charge in [-0.15, -0.1) is 0 Å². The first-order chi connectivity index (χ1) is 16.2. The number of carbonyl (C=O) groups excluding carboxylic acids is 1. The topological polar surface area (TPSA) is 46.5 Å². The van der Waals surface area contributed by atoms with E-state index in [9.17, 15) is 4.79 Å². The van der Waals surface area contributed by atoms with Gasteiger partial charge in [-0.05, 0) is 60.2 Å². The summed E-state index contributed by atoms with van der Waals surface area (Å²) in [5.41, 5.74) is 5.70. The lowest BCUT2D eigenvalue weighted by atomic mass is 10.0. The van der Waals surface area contributed by atoms with E-state index in [0.717, 1.165) is 22.7 Å². The molecule has 1 atom stereocenters. The van der Waals surface area contributed by atoms with Crippen molar-refractivity contribution >= 4 is 39.1 Å². The van der Waals surface area contributed by atoms with Crippen LogP contribution in [0, 0.1) is 0 Å². The number of carbonyl (C=O) groups is 1. The molecule has 4 aromatic carbocycles. The van der Waals surface area contributed by atoms with Crippen LogP contribution in [-0.4, -0.2) is 17.6 Å². The number of methoxy groups -OCH3 is 1. The molecule has 0 fully saturated rings. The summed E-state index contributed by atoms with van der Waals surface area (Å²) in [5.74, 6) is 0.725. The maximum atomic E-state index is 13.7. The molecule has 1 aliphatic rings. The molecule has 0 aliphatic carbocycles. The second kappa shape index (κ2) is 7.41. The molecule has 0 spiro atoms. The summed E-state index contributed by atoms with van der Waals surface area (Å²) < 4.78 is 7.53. The van der Waals surface area contributed by atoms with Gasteiger partial charge < -0.3 is 14.6 Å². The average molecular weight is 434 g/mol. The zero-order chi connectivity index (χ0) is 22.5. The van der Waals surface area contributed by atoms with Crippen LogP contribution >= 0.6 is 0 Å². The number of benzene rings is 4. The molecule has 162 valence electrons. The summed E-state index contributed by atoms with van der Waals surface area (Å²) in [6, 6.07) is 30.2. The van der Waals surface area contributed by atoms with E-state index >= 15 is 0 Å². The fourth-order valence-corrected chi connectivity index (χ4v) is 4.85. The highest BCUT2D eigenvalue weighted by atomic mass is 16.5. The van der Waals surface area contributed by atoms with Crippen molar-refractivity contribution in [2.24, 2.45) is 7.05 Å². The average Bonchev–Trinajstić information content (AvgIpc) is 3.16. The van der Waals surface area contributed by atoms with Gasteiger partial charge in [0.2, 0.25) is 0 Å². The van der Waals surface area contributed by atoms with Crippen LogP contribution in [0.5, 0.6) is 5.75 Å². The zero-order valence-corrected chi connectivity index (χ0v) is 18.4. The lowest BCUT2D eigenvalue weighted by molar-refractivity contribution is 0.0975. The van der Waals surface area contributed by atoms with Crippen molar-refractivity contribution < 1.29 is 9.53 Å². The Kier molecular flexibility index (Phi) is 4.37. The minimum Gasteiger partial charge on any atom is -0.497 e. The van der Waals surface area contributed by atoms with Gasteiger partial charge in [-0.25, -0.2) is 0 Å². The third kappa shape index (κ3) is 2.97. The standard InChI is InChI=1S/C28H23N3O2/c1-30-25-10-6-4-7-21(25)23-17-18(11-16-26(23)30)27-29-24-9-5-3-8-22(24)28(32)31(27)19-12-14-20(33-2)15-13-19/h3-17,27,29H,1-2H3/t27-/m1/s1. The van der Waals surface area contributed by atoms with Gasteiger partial charge in [-0.3, -0.25) is 9.69 Å². The first-order valence-corrected chi connectivity index (χ1v) is 11.0. The van der Waals surface area contributed by atoms with Crippen molar-refractivity contribution in [1.29, 1.82) is 0 Å². The Morgan fingerprint density at radius 2 is 1.55 bits per heavy atom. The predicted molar refractivity (Wildman–Crippen MR) is 133 cm³/mol. The van der Waals surface area contributed by atoms with E-state index in [-0.39, 0.29) is 12.1 Å². The molecular weight excluding hydrogens is 410 g/mol. The molecule has 1 aliphatic heterocycles. The number of nitrogens with one attached hydrogen (secondary N) is 1. The normalized spacial score (nSPS) is 15.5. The highest BCUT2D eigenvalue weighted by Gasteiger charge is 2.34. The summed E-state index contributed by atoms with van der Waals surface area (Å²) in [6.07, 6.45) is -0.343. The Morgan fingerprint density at radius 1 is 0.818 bits per heavy atom. The number of hydrogen-bond acceptors (Lipinski definition) is 3. The van der Waals surface area contributed by atoms with Crippen molar-refractivity contribution in [1.82, 2.24) is 4.57 Å². The largest absolute Gasteiger partial charge is 0.497 e. The van der Waals surface area contributed by atoms with Gasteiger partial charge in [0.05, 0.1) is 12.7 Å². The number of para-hydroxylation sites is 2. The molecule has 5 nitrogen and oxygen atoms in total. The number of rotatable bonds is 3. The van der Waals surface area contributed by atoms with Crippen LogP contribution in [0.15, 0.2) is 91.0 Å². The summed E-state index contributed by atoms with van der Waals surface area (Å²) in [5, 5.41) is 5.99. The molecule has 1 aromatic heterocycles. The summed E-state index contributed by atoms with van der Waals surface area (Å²) >= 11 is 0. The van der Waals surface area contributed by atoms with E-state index in [4.69, 9.17) is 4.74 Å². The van der Waals surface area contributed by atoms with E-state index < -0.39 is 0 Å². The van der Waals surface area contributed by atoms with Crippen LogP contribution in [0.1, 0.15) is 22.1 Å². The van der Waals surface area contributed by atoms with E-state index in [0.29, 0.717) is 5.56 Å². The number of aryl methyl sites for hydroxylation is 1. The number of anilines is 2. The molecule has 5 heteroatoms. The van der Waals surface area contributed by atoms with Crippen molar-refractivity contribution in [3.05, 3.63) is 102 Å². The summed E-state index contributed by atoms with van der Waals surface area (Å²) in [7, 11) is 3.73. The van der Waals surface area contributed by atoms with Gasteiger partial charge in [0.1, 0.15) is 11.9 Å². The van der Waals surface area contributed by atoms with Gasteiger partial charge in [0.25, 0.3) is 5.91 Å². The molecule has 1 N–H and O–H groups in total. The fraction of sp³-hybridized carbons (Fsp3) is 0.107. The third-order valence-corrected chi connectivity index (χ3v) is 6.53. The SMILES string of the molecule is COc1ccc(N2C(=O)c3ccccc3N[C@H]2c2ccc3c(c2)c2ccccc2n3C)cc1. The molecule has 0 unspecified atom stereocenters. The second-order valence-electron chi connectivity index (χ2n) is 8.32. The maximum absolute atomic E-state index is 13.7. The van der Waals surface area contributed by atoms with Crippen LogP contribution in [-0.2, 0) is 7.05 Å². The smallest absolute Gasteiger partial charge is 0.262 e. The highest BCUT2D eigenvalue weighted by Crippen LogP contribution is 2.39. The number of ether oxygens (including phenoxy) is 1. The molecule has 0 radical (unpaired) electrons. The summed E-state index contributed by atoms with van der Waals surface area (Å²) in [6.45, 7) is 0. The molecule has 0 saturated heterocycles. The summed E-state index contributed by atoms with van der Waals surface area (Å²) in [4.78, 5) is 15.5. The van der Waals surface area contributed by atoms with Crippen molar-refractivity contribution in [2.45, 2.75) is 6.17 Å². The molecule has 0 bridgehead atoms. The van der Waals surface area contributed by atoms with Gasteiger partial charge in [-0.2, -0.15) is 0 Å². The minimum absolute atomic E-state index is 0.0301. The third-order valence-electron chi connectivity index (χ3n) is 6.53. The zero-order valence-electron chi connectivity index (χ0n) is 18.4. The number of amides is 1. The van der Waals surface area contributed by atoms with Crippen LogP contribution in [0.4, 0.5) is 11.4 Å². The van der Waals surface area contributed by atoms with Gasteiger partial charge >= 0.3 is 0 Å². The van der Waals surface area contributed by atoms with Crippen LogP contribution in [0.2, 0.25) is 0 Å². The van der Waals surface area contributed by atoms with Crippen LogP contribution in [0.25, 0.3) is 21.8 Å². The molecule has 5 aromatic rings. The first-order valence-electron chi connectivity index (χ1n) is 11.0. The number of hydrogen-bond donors (Lipinski definition) is 1. The Balaban J connectivity index is 1.54. The predicted octanol–water partition coefficient (Wildman–Crippen LogP) is 6.11. The lowest BCUT2D eigenvalue weighted by Crippen LogP contribution is -2.43. The van der Waals surface area contributed by atoms with E-state index in [1.807, 2.05) is 53.4 Å². The van der Waals surface area contributed by atoms with Crippen molar-refractivity contribution in [2.75, 3.05) is 17.3 Å². The molecular formula is C28H23N3O2. The second-order valence-corrected chi connectivity index (χ2v) is 8.32. The fourth-order valence-electron chi connectivity index (χ4n) is 4.85.